The molecule has 0 aromatic heterocycles. The quantitative estimate of drug-likeness (QED) is 0.0276. The Bertz CT molecular complexity index is 4250. The van der Waals surface area contributed by atoms with E-state index in [-0.39, 0.29) is 40.0 Å². The van der Waals surface area contributed by atoms with Crippen LogP contribution in [0.25, 0.3) is 11.1 Å². The largest absolute Gasteiger partial charge is 0.506 e. The number of nitrogen functional groups attached to an aromatic ring is 10. The molecule has 0 saturated carbocycles. The fourth-order valence-corrected chi connectivity index (χ4v) is 10.6. The van der Waals surface area contributed by atoms with Crippen LogP contribution in [0, 0.1) is 13.8 Å². The summed E-state index contributed by atoms with van der Waals surface area (Å²) in [6, 6.07) is 38.8. The third kappa shape index (κ3) is 17.1. The minimum atomic E-state index is -5.82. The lowest BCUT2D eigenvalue weighted by molar-refractivity contribution is -0.290. The van der Waals surface area contributed by atoms with Crippen LogP contribution in [0.2, 0.25) is 0 Å². The summed E-state index contributed by atoms with van der Waals surface area (Å²) in [5, 5.41) is 37.6. The van der Waals surface area contributed by atoms with Gasteiger partial charge in [-0.3, -0.25) is 4.79 Å². The second-order valence-corrected chi connectivity index (χ2v) is 23.3. The first-order valence-electron chi connectivity index (χ1n) is 29.9. The topological polar surface area (TPSA) is 358 Å². The number of carbonyl (C=O) groups is 1. The smallest absolute Gasteiger partial charge is 0.411 e. The van der Waals surface area contributed by atoms with Crippen LogP contribution in [0.5, 0.6) is 23.0 Å². The summed E-state index contributed by atoms with van der Waals surface area (Å²) in [5.41, 5.74) is 39.3. The number of aromatic hydroxyl groups is 4. The van der Waals surface area contributed by atoms with Crippen molar-refractivity contribution in [3.05, 3.63) is 262 Å². The molecule has 105 heavy (non-hydrogen) atoms. The molecule has 10 aromatic carbocycles. The number of nitrogens with two attached hydrogens (primary N) is 10. The van der Waals surface area contributed by atoms with E-state index in [4.69, 9.17) is 57.3 Å². The summed E-state index contributed by atoms with van der Waals surface area (Å²) in [6.07, 6.45) is -34.2. The molecule has 10 aromatic rings. The normalized spacial score (nSPS) is 12.2. The SMILES string of the molecule is Cc1ccc(C(c2ccc(C)c(N)c2)(C(F)(F)F)C(F)(F)F)cc1N.Nc1cc(C(c2ccc(O)c(N)c2)(C(F)(F)F)C(F)(F)F)ccc1O.Nc1ccc(-c2ccc(N)c(O)c2)cc1O.Nc1ccc(C(=O)c2ccc(N)cc2)cc1.Nc1ccc(C(c2ccc(N)cc2)(C(F)(F)F)C(F)(F)F)cc1. The van der Waals surface area contributed by atoms with Gasteiger partial charge in [-0.15, -0.1) is 0 Å². The Hall–Kier alpha value is -12.2. The number of alkyl halides is 18. The van der Waals surface area contributed by atoms with Crippen molar-refractivity contribution in [2.75, 3.05) is 57.3 Å². The molecule has 0 heterocycles. The molecule has 15 nitrogen and oxygen atoms in total. The van der Waals surface area contributed by atoms with Crippen molar-refractivity contribution in [2.45, 2.75) is 67.2 Å². The number of phenolic OH excluding ortho intramolecular Hbond substituents is 4. The zero-order valence-corrected chi connectivity index (χ0v) is 54.4. The molecule has 24 N–H and O–H groups in total. The van der Waals surface area contributed by atoms with Gasteiger partial charge in [-0.2, -0.15) is 79.0 Å². The lowest BCUT2D eigenvalue weighted by Crippen LogP contribution is -2.54. The standard InChI is InChI=1S/C17H16F6N2.C15H12F6N2O2.C15H12F6N2.C13H12N2O.C12H12N2O2/c1-9-3-5-11(7-13(9)24)15(16(18,19)20,17(21,22)23)12-6-4-10(2)14(25)8-12;16-14(17,18)13(15(19,20)21,7-1-3-11(24)9(22)5-7)8-2-4-12(25)10(23)6-8;16-14(17,18)13(15(19,20)21,9-1-5-11(22)6-2-9)10-3-7-12(23)8-4-10;14-11-5-1-9(2-6-11)13(16)10-3-7-12(15)8-4-10;13-9-3-1-7(5-11(9)15)8-2-4-10(14)12(16)6-8/h3-8H,24-25H2,1-2H3;1-6,24-25H,22-23H2;1-8H,22-23H2;1-8H,14-15H2;1-6,15-16H,13-14H2. The Morgan fingerprint density at radius 1 is 0.248 bits per heavy atom. The fourth-order valence-electron chi connectivity index (χ4n) is 10.6. The number of halogens is 18. The van der Waals surface area contributed by atoms with E-state index in [1.807, 2.05) is 0 Å². The van der Waals surface area contributed by atoms with Crippen molar-refractivity contribution in [1.29, 1.82) is 0 Å². The Kier molecular flexibility index (Phi) is 24.0. The van der Waals surface area contributed by atoms with E-state index in [9.17, 15) is 104 Å². The summed E-state index contributed by atoms with van der Waals surface area (Å²) < 4.78 is 248. The summed E-state index contributed by atoms with van der Waals surface area (Å²) in [5.74, 6) is -1.30. The highest BCUT2D eigenvalue weighted by Crippen LogP contribution is 2.60. The molecular formula is C72H64F18N10O5. The van der Waals surface area contributed by atoms with Crippen LogP contribution in [0.15, 0.2) is 206 Å². The molecule has 0 spiro atoms. The Labute approximate surface area is 585 Å². The van der Waals surface area contributed by atoms with Crippen LogP contribution in [0.4, 0.5) is 136 Å². The van der Waals surface area contributed by atoms with E-state index in [2.05, 4.69) is 0 Å². The van der Waals surface area contributed by atoms with Gasteiger partial charge in [0.1, 0.15) is 23.0 Å². The molecule has 0 atom stereocenters. The summed E-state index contributed by atoms with van der Waals surface area (Å²) >= 11 is 0. The summed E-state index contributed by atoms with van der Waals surface area (Å²) in [4.78, 5) is 12.0. The second kappa shape index (κ2) is 30.8. The number of rotatable bonds is 9. The average Bonchev–Trinajstić information content (AvgIpc) is 0.727. The highest BCUT2D eigenvalue weighted by atomic mass is 19.4. The number of phenols is 4. The molecule has 0 aliphatic heterocycles. The van der Waals surface area contributed by atoms with Gasteiger partial charge in [-0.1, -0.05) is 72.8 Å². The first-order chi connectivity index (χ1) is 48.4. The predicted octanol–water partition coefficient (Wildman–Crippen LogP) is 16.8. The highest BCUT2D eigenvalue weighted by Gasteiger charge is 2.75. The van der Waals surface area contributed by atoms with Gasteiger partial charge in [0.15, 0.2) is 5.78 Å². The first kappa shape index (κ1) is 81.8. The van der Waals surface area contributed by atoms with Gasteiger partial charge in [-0.25, -0.2) is 0 Å². The van der Waals surface area contributed by atoms with Crippen molar-refractivity contribution in [3.8, 4) is 34.1 Å². The molecule has 10 rings (SSSR count). The molecule has 0 saturated heterocycles. The van der Waals surface area contributed by atoms with Gasteiger partial charge in [0, 0.05) is 45.3 Å². The van der Waals surface area contributed by atoms with Crippen molar-refractivity contribution in [2.24, 2.45) is 0 Å². The maximum Gasteiger partial charge on any atom is 0.411 e. The maximum absolute atomic E-state index is 13.9. The Balaban J connectivity index is 0.000000208. The molecule has 0 aliphatic rings. The van der Waals surface area contributed by atoms with Crippen LogP contribution < -0.4 is 57.3 Å². The molecule has 0 fully saturated rings. The molecule has 0 bridgehead atoms. The van der Waals surface area contributed by atoms with Gasteiger partial charge >= 0.3 is 37.1 Å². The monoisotopic (exact) mass is 1490 g/mol. The Morgan fingerprint density at radius 2 is 0.467 bits per heavy atom. The number of ketones is 1. The fraction of sp³-hybridized carbons (Fsp3) is 0.153. The van der Waals surface area contributed by atoms with Crippen molar-refractivity contribution >= 4 is 62.7 Å². The minimum absolute atomic E-state index is 0.0221. The van der Waals surface area contributed by atoms with E-state index in [1.54, 1.807) is 84.9 Å². The lowest BCUT2D eigenvalue weighted by atomic mass is 9.72. The molecule has 33 heteroatoms. The summed E-state index contributed by atoms with van der Waals surface area (Å²) in [7, 11) is 0. The number of anilines is 10. The van der Waals surface area contributed by atoms with Crippen molar-refractivity contribution in [1.82, 2.24) is 0 Å². The van der Waals surface area contributed by atoms with E-state index in [0.29, 0.717) is 93.5 Å². The number of hydrogen-bond donors (Lipinski definition) is 14. The number of benzene rings is 10. The van der Waals surface area contributed by atoms with Crippen LogP contribution in [-0.4, -0.2) is 63.3 Å². The van der Waals surface area contributed by atoms with E-state index in [0.717, 1.165) is 83.9 Å². The third-order valence-corrected chi connectivity index (χ3v) is 16.3. The zero-order chi connectivity index (χ0) is 79.1. The molecule has 0 aliphatic carbocycles. The number of hydrogen-bond acceptors (Lipinski definition) is 15. The third-order valence-electron chi connectivity index (χ3n) is 16.3. The van der Waals surface area contributed by atoms with Crippen LogP contribution in [0.1, 0.15) is 60.4 Å². The highest BCUT2D eigenvalue weighted by molar-refractivity contribution is 6.09. The zero-order valence-electron chi connectivity index (χ0n) is 54.4. The first-order valence-corrected chi connectivity index (χ1v) is 29.9. The number of aryl methyl sites for hydroxylation is 2. The molecular weight excluding hydrogens is 1430 g/mol. The summed E-state index contributed by atoms with van der Waals surface area (Å²) in [6.45, 7) is 2.98. The van der Waals surface area contributed by atoms with Gasteiger partial charge < -0.3 is 77.8 Å². The average molecular weight is 1490 g/mol. The van der Waals surface area contributed by atoms with E-state index >= 15 is 0 Å². The molecule has 0 radical (unpaired) electrons. The van der Waals surface area contributed by atoms with Gasteiger partial charge in [0.25, 0.3) is 0 Å². The van der Waals surface area contributed by atoms with Crippen molar-refractivity contribution < 1.29 is 104 Å². The van der Waals surface area contributed by atoms with E-state index < -0.39 is 110 Å². The minimum Gasteiger partial charge on any atom is -0.506 e. The second-order valence-electron chi connectivity index (χ2n) is 23.3. The van der Waals surface area contributed by atoms with Gasteiger partial charge in [-0.05, 0) is 203 Å². The van der Waals surface area contributed by atoms with Crippen LogP contribution in [-0.2, 0) is 16.2 Å². The molecule has 0 unspecified atom stereocenters. The van der Waals surface area contributed by atoms with Gasteiger partial charge in [0.2, 0.25) is 16.2 Å². The Morgan fingerprint density at radius 3 is 0.695 bits per heavy atom. The van der Waals surface area contributed by atoms with Crippen LogP contribution >= 0.6 is 0 Å². The van der Waals surface area contributed by atoms with E-state index in [1.165, 1.54) is 13.8 Å². The molecule has 558 valence electrons. The maximum atomic E-state index is 13.9. The number of carbonyl (C=O) groups excluding carboxylic acids is 1. The predicted molar refractivity (Wildman–Crippen MR) is 366 cm³/mol. The lowest BCUT2D eigenvalue weighted by Gasteiger charge is -2.38. The molecule has 0 amide bonds. The van der Waals surface area contributed by atoms with Crippen molar-refractivity contribution in [3.63, 3.8) is 0 Å². The van der Waals surface area contributed by atoms with Crippen LogP contribution in [0.3, 0.4) is 0 Å². The van der Waals surface area contributed by atoms with Gasteiger partial charge in [0.05, 0.1) is 22.7 Å².